The van der Waals surface area contributed by atoms with Gasteiger partial charge in [0.15, 0.2) is 0 Å². The van der Waals surface area contributed by atoms with Crippen LogP contribution in [-0.4, -0.2) is 4.57 Å². The SMILES string of the molecule is CCCCCCCCCCCCc1ccc(-c2ccc(N(c3ccc(-c4ccc5c(c4)c4ccccc4n5-c4cc(Br)cc(Br)c4)cc3)c3ccc4c(c3)C(C)(C)c3ccccc3-4)cc2)cc1. The van der Waals surface area contributed by atoms with Crippen molar-refractivity contribution in [3.8, 4) is 39.1 Å². The van der Waals surface area contributed by atoms with Crippen LogP contribution in [0.2, 0.25) is 0 Å². The minimum atomic E-state index is -0.101. The van der Waals surface area contributed by atoms with Crippen molar-refractivity contribution < 1.29 is 0 Å². The van der Waals surface area contributed by atoms with E-state index in [1.54, 1.807) is 0 Å². The van der Waals surface area contributed by atoms with E-state index >= 15 is 0 Å². The van der Waals surface area contributed by atoms with Crippen molar-refractivity contribution in [2.45, 2.75) is 96.8 Å². The Balaban J connectivity index is 0.926. The Morgan fingerprint density at radius 3 is 1.63 bits per heavy atom. The maximum Gasteiger partial charge on any atom is 0.0541 e. The van der Waals surface area contributed by atoms with Crippen LogP contribution in [0.1, 0.15) is 102 Å². The van der Waals surface area contributed by atoms with Crippen LogP contribution in [0.25, 0.3) is 60.9 Å². The lowest BCUT2D eigenvalue weighted by Gasteiger charge is -2.28. The van der Waals surface area contributed by atoms with Gasteiger partial charge in [-0.2, -0.15) is 0 Å². The molecule has 0 bridgehead atoms. The predicted octanol–water partition coefficient (Wildman–Crippen LogP) is 19.9. The number of hydrogen-bond acceptors (Lipinski definition) is 1. The summed E-state index contributed by atoms with van der Waals surface area (Å²) in [5.74, 6) is 0. The molecule has 0 saturated carbocycles. The molecule has 0 fully saturated rings. The third-order valence-electron chi connectivity index (χ3n) is 14.3. The lowest BCUT2D eigenvalue weighted by Crippen LogP contribution is -2.16. The minimum Gasteiger partial charge on any atom is -0.310 e. The Bertz CT molecular complexity index is 3140. The molecule has 0 atom stereocenters. The van der Waals surface area contributed by atoms with Gasteiger partial charge in [-0.25, -0.2) is 0 Å². The number of fused-ring (bicyclic) bond motifs is 6. The molecule has 4 heteroatoms. The number of nitrogens with zero attached hydrogens (tertiary/aromatic N) is 2. The van der Waals surface area contributed by atoms with E-state index in [4.69, 9.17) is 0 Å². The average Bonchev–Trinajstić information content (AvgIpc) is 3.80. The Hall–Kier alpha value is -5.68. The van der Waals surface area contributed by atoms with Gasteiger partial charge < -0.3 is 9.47 Å². The highest BCUT2D eigenvalue weighted by atomic mass is 79.9. The van der Waals surface area contributed by atoms with Gasteiger partial charge in [0.1, 0.15) is 0 Å². The van der Waals surface area contributed by atoms with E-state index in [-0.39, 0.29) is 5.41 Å². The average molecular weight is 1000 g/mol. The molecular formula is C63H60Br2N2. The summed E-state index contributed by atoms with van der Waals surface area (Å²) in [6.45, 7) is 7.02. The lowest BCUT2D eigenvalue weighted by atomic mass is 9.82. The molecule has 1 aromatic heterocycles. The van der Waals surface area contributed by atoms with Crippen molar-refractivity contribution in [3.63, 3.8) is 0 Å². The largest absolute Gasteiger partial charge is 0.310 e. The molecule has 0 amide bonds. The van der Waals surface area contributed by atoms with Crippen molar-refractivity contribution in [1.82, 2.24) is 4.57 Å². The van der Waals surface area contributed by atoms with E-state index in [1.807, 2.05) is 0 Å². The number of benzene rings is 8. The van der Waals surface area contributed by atoms with E-state index in [9.17, 15) is 0 Å². The number of para-hydroxylation sites is 1. The molecule has 0 unspecified atom stereocenters. The maximum atomic E-state index is 3.72. The van der Waals surface area contributed by atoms with Gasteiger partial charge in [0.05, 0.1) is 11.0 Å². The van der Waals surface area contributed by atoms with E-state index < -0.39 is 0 Å². The number of rotatable bonds is 17. The monoisotopic (exact) mass is 1000 g/mol. The third kappa shape index (κ3) is 9.33. The maximum absolute atomic E-state index is 3.72. The standard InChI is InChI=1S/C63H60Br2N2/c1-4-5-6-7-8-9-10-11-12-13-18-44-23-25-45(26-24-44)46-27-32-51(33-28-46)66(53-36-37-56-55-19-14-16-21-59(55)63(2,3)60(56)43-53)52-34-29-47(30-35-52)48-31-38-62-58(39-48)57-20-15-17-22-61(57)67(62)54-41-49(64)40-50(65)42-54/h14-17,19-43H,4-13,18H2,1-3H3. The van der Waals surface area contributed by atoms with Gasteiger partial charge in [0.25, 0.3) is 0 Å². The van der Waals surface area contributed by atoms with Crippen molar-refractivity contribution in [1.29, 1.82) is 0 Å². The molecule has 2 nitrogen and oxygen atoms in total. The Morgan fingerprint density at radius 1 is 0.433 bits per heavy atom. The quantitative estimate of drug-likeness (QED) is 0.0826. The van der Waals surface area contributed by atoms with Gasteiger partial charge in [-0.3, -0.25) is 0 Å². The van der Waals surface area contributed by atoms with E-state index in [0.29, 0.717) is 0 Å². The van der Waals surface area contributed by atoms with Crippen LogP contribution < -0.4 is 4.90 Å². The number of halogens is 2. The second-order valence-electron chi connectivity index (χ2n) is 19.2. The van der Waals surface area contributed by atoms with Gasteiger partial charge in [-0.15, -0.1) is 0 Å². The molecular weight excluding hydrogens is 945 g/mol. The Kier molecular flexibility index (Phi) is 13.4. The second kappa shape index (κ2) is 19.9. The Morgan fingerprint density at radius 2 is 0.955 bits per heavy atom. The normalized spacial score (nSPS) is 12.7. The predicted molar refractivity (Wildman–Crippen MR) is 295 cm³/mol. The number of anilines is 3. The summed E-state index contributed by atoms with van der Waals surface area (Å²) in [5.41, 5.74) is 18.5. The summed E-state index contributed by atoms with van der Waals surface area (Å²) in [4.78, 5) is 2.43. The molecule has 0 N–H and O–H groups in total. The summed E-state index contributed by atoms with van der Waals surface area (Å²) in [6, 6.07) is 65.7. The fraction of sp³-hybridized carbons (Fsp3) is 0.238. The molecule has 1 heterocycles. The topological polar surface area (TPSA) is 8.17 Å². The fourth-order valence-electron chi connectivity index (χ4n) is 10.7. The minimum absolute atomic E-state index is 0.101. The van der Waals surface area contributed by atoms with Crippen molar-refractivity contribution >= 4 is 70.7 Å². The zero-order valence-corrected chi connectivity index (χ0v) is 42.3. The van der Waals surface area contributed by atoms with E-state index in [0.717, 1.165) is 38.1 Å². The summed E-state index contributed by atoms with van der Waals surface area (Å²) in [7, 11) is 0. The summed E-state index contributed by atoms with van der Waals surface area (Å²) in [6.07, 6.45) is 14.9. The molecule has 8 aromatic carbocycles. The first-order chi connectivity index (χ1) is 32.8. The highest BCUT2D eigenvalue weighted by Crippen LogP contribution is 2.51. The van der Waals surface area contributed by atoms with Crippen LogP contribution in [0.3, 0.4) is 0 Å². The summed E-state index contributed by atoms with van der Waals surface area (Å²) in [5, 5.41) is 2.48. The highest BCUT2D eigenvalue weighted by molar-refractivity contribution is 9.11. The van der Waals surface area contributed by atoms with Gasteiger partial charge in [-0.05, 0) is 136 Å². The van der Waals surface area contributed by atoms with Crippen LogP contribution in [0.5, 0.6) is 0 Å². The van der Waals surface area contributed by atoms with Crippen LogP contribution in [0.4, 0.5) is 17.1 Å². The van der Waals surface area contributed by atoms with Crippen LogP contribution in [0, 0.1) is 0 Å². The van der Waals surface area contributed by atoms with Gasteiger partial charge in [0.2, 0.25) is 0 Å². The third-order valence-corrected chi connectivity index (χ3v) is 15.2. The first-order valence-corrected chi connectivity index (χ1v) is 26.2. The number of hydrogen-bond donors (Lipinski definition) is 0. The summed E-state index contributed by atoms with van der Waals surface area (Å²) >= 11 is 7.45. The number of aromatic nitrogens is 1. The van der Waals surface area contributed by atoms with Crippen molar-refractivity contribution in [3.05, 3.63) is 202 Å². The van der Waals surface area contributed by atoms with Gasteiger partial charge >= 0.3 is 0 Å². The van der Waals surface area contributed by atoms with Crippen molar-refractivity contribution in [2.75, 3.05) is 4.90 Å². The Labute approximate surface area is 415 Å². The molecule has 9 aromatic rings. The second-order valence-corrected chi connectivity index (χ2v) is 21.0. The molecule has 1 aliphatic rings. The summed E-state index contributed by atoms with van der Waals surface area (Å²) < 4.78 is 4.44. The molecule has 336 valence electrons. The zero-order chi connectivity index (χ0) is 45.9. The zero-order valence-electron chi connectivity index (χ0n) is 39.2. The lowest BCUT2D eigenvalue weighted by molar-refractivity contribution is 0.556. The first kappa shape index (κ1) is 45.1. The number of unbranched alkanes of at least 4 members (excludes halogenated alkanes) is 9. The first-order valence-electron chi connectivity index (χ1n) is 24.6. The molecule has 0 aliphatic heterocycles. The van der Waals surface area contributed by atoms with Crippen molar-refractivity contribution in [2.24, 2.45) is 0 Å². The van der Waals surface area contributed by atoms with Gasteiger partial charge in [0, 0.05) is 47.9 Å². The molecule has 0 spiro atoms. The van der Waals surface area contributed by atoms with E-state index in [1.165, 1.54) is 136 Å². The van der Waals surface area contributed by atoms with E-state index in [2.05, 4.69) is 238 Å². The highest BCUT2D eigenvalue weighted by Gasteiger charge is 2.35. The van der Waals surface area contributed by atoms with Crippen LogP contribution in [-0.2, 0) is 11.8 Å². The van der Waals surface area contributed by atoms with Crippen LogP contribution in [0.15, 0.2) is 185 Å². The fourth-order valence-corrected chi connectivity index (χ4v) is 11.9. The molecule has 0 radical (unpaired) electrons. The van der Waals surface area contributed by atoms with Crippen LogP contribution >= 0.6 is 31.9 Å². The number of aryl methyl sites for hydroxylation is 1. The van der Waals surface area contributed by atoms with Gasteiger partial charge in [-0.1, -0.05) is 214 Å². The molecule has 67 heavy (non-hydrogen) atoms. The molecule has 1 aliphatic carbocycles. The molecule has 0 saturated heterocycles. The smallest absolute Gasteiger partial charge is 0.0541 e. The molecule has 10 rings (SSSR count).